The van der Waals surface area contributed by atoms with E-state index in [4.69, 9.17) is 11.6 Å². The van der Waals surface area contributed by atoms with Gasteiger partial charge in [-0.2, -0.15) is 0 Å². The van der Waals surface area contributed by atoms with Crippen molar-refractivity contribution in [1.82, 2.24) is 16.0 Å². The van der Waals surface area contributed by atoms with Gasteiger partial charge >= 0.3 is 0 Å². The fourth-order valence-electron chi connectivity index (χ4n) is 2.64. The minimum Gasteiger partial charge on any atom is -0.357 e. The number of carbonyl (C=O) groups excluding carboxylic acids is 1. The van der Waals surface area contributed by atoms with Crippen LogP contribution >= 0.6 is 11.6 Å². The molecule has 1 atom stereocenters. The monoisotopic (exact) mass is 400 g/mol. The van der Waals surface area contributed by atoms with Crippen LogP contribution in [0.1, 0.15) is 25.3 Å². The van der Waals surface area contributed by atoms with E-state index in [1.54, 1.807) is 0 Å². The van der Waals surface area contributed by atoms with Crippen molar-refractivity contribution in [2.24, 2.45) is 4.99 Å². The molecule has 0 radical (unpaired) electrons. The normalized spacial score (nSPS) is 19.2. The Hall–Kier alpha value is -1.80. The fraction of sp³-hybridized carbons (Fsp3) is 0.529. The SMILES string of the molecule is CCNC(=NCc1ccccc1Cl)NCCC(=O)NC1CCS(=O)(=O)C1. The lowest BCUT2D eigenvalue weighted by Gasteiger charge is -2.13. The van der Waals surface area contributed by atoms with E-state index >= 15 is 0 Å². The molecule has 1 amide bonds. The molecule has 3 N–H and O–H groups in total. The van der Waals surface area contributed by atoms with Gasteiger partial charge in [0.1, 0.15) is 0 Å². The number of hydrogen-bond acceptors (Lipinski definition) is 4. The van der Waals surface area contributed by atoms with Gasteiger partial charge in [0, 0.05) is 30.6 Å². The van der Waals surface area contributed by atoms with Crippen molar-refractivity contribution in [2.45, 2.75) is 32.4 Å². The van der Waals surface area contributed by atoms with E-state index in [9.17, 15) is 13.2 Å². The molecule has 1 heterocycles. The van der Waals surface area contributed by atoms with E-state index in [1.807, 2.05) is 31.2 Å². The summed E-state index contributed by atoms with van der Waals surface area (Å²) in [7, 11) is -2.99. The molecular formula is C17H25ClN4O3S. The predicted molar refractivity (Wildman–Crippen MR) is 104 cm³/mol. The van der Waals surface area contributed by atoms with E-state index in [2.05, 4.69) is 20.9 Å². The second kappa shape index (κ2) is 9.78. The van der Waals surface area contributed by atoms with Crippen molar-refractivity contribution >= 4 is 33.3 Å². The maximum atomic E-state index is 11.9. The topological polar surface area (TPSA) is 99.7 Å². The third-order valence-corrected chi connectivity index (χ3v) is 6.09. The van der Waals surface area contributed by atoms with Crippen molar-refractivity contribution in [1.29, 1.82) is 0 Å². The first-order valence-corrected chi connectivity index (χ1v) is 10.8. The number of aliphatic imine (C=N–C) groups is 1. The van der Waals surface area contributed by atoms with Gasteiger partial charge in [-0.25, -0.2) is 13.4 Å². The van der Waals surface area contributed by atoms with E-state index in [1.165, 1.54) is 0 Å². The number of carbonyl (C=O) groups is 1. The highest BCUT2D eigenvalue weighted by atomic mass is 35.5. The number of hydrogen-bond donors (Lipinski definition) is 3. The first-order chi connectivity index (χ1) is 12.4. The Balaban J connectivity index is 1.78. The number of halogens is 1. The number of amides is 1. The van der Waals surface area contributed by atoms with Gasteiger partial charge < -0.3 is 16.0 Å². The lowest BCUT2D eigenvalue weighted by atomic mass is 10.2. The first-order valence-electron chi connectivity index (χ1n) is 8.65. The van der Waals surface area contributed by atoms with E-state index in [0.717, 1.165) is 5.56 Å². The highest BCUT2D eigenvalue weighted by molar-refractivity contribution is 7.91. The van der Waals surface area contributed by atoms with Crippen molar-refractivity contribution in [2.75, 3.05) is 24.6 Å². The Bertz CT molecular complexity index is 752. The van der Waals surface area contributed by atoms with Gasteiger partial charge in [0.15, 0.2) is 15.8 Å². The van der Waals surface area contributed by atoms with Crippen molar-refractivity contribution in [3.05, 3.63) is 34.9 Å². The largest absolute Gasteiger partial charge is 0.357 e. The molecule has 0 saturated carbocycles. The van der Waals surface area contributed by atoms with Crippen LogP contribution in [-0.2, 0) is 21.2 Å². The van der Waals surface area contributed by atoms with Crippen LogP contribution in [0.4, 0.5) is 0 Å². The summed E-state index contributed by atoms with van der Waals surface area (Å²) in [6, 6.07) is 7.24. The maximum Gasteiger partial charge on any atom is 0.222 e. The highest BCUT2D eigenvalue weighted by Crippen LogP contribution is 2.15. The minimum atomic E-state index is -2.99. The van der Waals surface area contributed by atoms with Crippen molar-refractivity contribution in [3.63, 3.8) is 0 Å². The first kappa shape index (κ1) is 20.5. The van der Waals surface area contributed by atoms with Gasteiger partial charge in [-0.05, 0) is 25.0 Å². The smallest absolute Gasteiger partial charge is 0.222 e. The molecule has 0 bridgehead atoms. The van der Waals surface area contributed by atoms with Gasteiger partial charge in [-0.1, -0.05) is 29.8 Å². The number of guanidine groups is 1. The lowest BCUT2D eigenvalue weighted by molar-refractivity contribution is -0.121. The van der Waals surface area contributed by atoms with Gasteiger partial charge in [0.2, 0.25) is 5.91 Å². The molecule has 0 aromatic heterocycles. The summed E-state index contributed by atoms with van der Waals surface area (Å²) in [6.45, 7) is 3.49. The number of nitrogens with zero attached hydrogens (tertiary/aromatic N) is 1. The van der Waals surface area contributed by atoms with Crippen LogP contribution in [0.25, 0.3) is 0 Å². The molecule has 0 aliphatic carbocycles. The summed E-state index contributed by atoms with van der Waals surface area (Å²) in [6.07, 6.45) is 0.733. The zero-order valence-corrected chi connectivity index (χ0v) is 16.4. The van der Waals surface area contributed by atoms with E-state index in [-0.39, 0.29) is 29.9 Å². The fourth-order valence-corrected chi connectivity index (χ4v) is 4.50. The van der Waals surface area contributed by atoms with Crippen LogP contribution < -0.4 is 16.0 Å². The summed E-state index contributed by atoms with van der Waals surface area (Å²) >= 11 is 6.13. The molecule has 1 aromatic rings. The molecule has 26 heavy (non-hydrogen) atoms. The number of sulfone groups is 1. The Morgan fingerprint density at radius 2 is 2.08 bits per heavy atom. The summed E-state index contributed by atoms with van der Waals surface area (Å²) < 4.78 is 22.8. The molecule has 1 unspecified atom stereocenters. The van der Waals surface area contributed by atoms with Gasteiger partial charge in [0.25, 0.3) is 0 Å². The highest BCUT2D eigenvalue weighted by Gasteiger charge is 2.28. The van der Waals surface area contributed by atoms with E-state index in [0.29, 0.717) is 37.0 Å². The maximum absolute atomic E-state index is 11.9. The van der Waals surface area contributed by atoms with Crippen molar-refractivity contribution in [3.8, 4) is 0 Å². The number of nitrogens with one attached hydrogen (secondary N) is 3. The van der Waals surface area contributed by atoms with Gasteiger partial charge in [-0.15, -0.1) is 0 Å². The molecule has 1 saturated heterocycles. The van der Waals surface area contributed by atoms with Crippen LogP contribution in [0, 0.1) is 0 Å². The average Bonchev–Trinajstić information content (AvgIpc) is 2.92. The molecule has 9 heteroatoms. The van der Waals surface area contributed by atoms with Crippen LogP contribution in [0.5, 0.6) is 0 Å². The Kier molecular flexibility index (Phi) is 7.71. The van der Waals surface area contributed by atoms with Crippen molar-refractivity contribution < 1.29 is 13.2 Å². The summed E-state index contributed by atoms with van der Waals surface area (Å²) in [4.78, 5) is 16.4. The minimum absolute atomic E-state index is 0.0358. The molecule has 1 aromatic carbocycles. The summed E-state index contributed by atoms with van der Waals surface area (Å²) in [5, 5.41) is 9.65. The van der Waals surface area contributed by atoms with Crippen LogP contribution in [0.15, 0.2) is 29.3 Å². The van der Waals surface area contributed by atoms with Crippen LogP contribution in [0.3, 0.4) is 0 Å². The molecule has 0 spiro atoms. The zero-order valence-electron chi connectivity index (χ0n) is 14.8. The number of benzene rings is 1. The number of rotatable bonds is 7. The Morgan fingerprint density at radius 1 is 1.31 bits per heavy atom. The molecule has 1 aliphatic heterocycles. The molecule has 2 rings (SSSR count). The molecule has 7 nitrogen and oxygen atoms in total. The average molecular weight is 401 g/mol. The Morgan fingerprint density at radius 3 is 2.73 bits per heavy atom. The van der Waals surface area contributed by atoms with Gasteiger partial charge in [-0.3, -0.25) is 4.79 Å². The van der Waals surface area contributed by atoms with Gasteiger partial charge in [0.05, 0.1) is 18.1 Å². The van der Waals surface area contributed by atoms with E-state index < -0.39 is 9.84 Å². The van der Waals surface area contributed by atoms with Crippen LogP contribution in [-0.4, -0.2) is 50.9 Å². The molecular weight excluding hydrogens is 376 g/mol. The quantitative estimate of drug-likeness (QED) is 0.470. The third-order valence-electron chi connectivity index (χ3n) is 3.95. The standard InChI is InChI=1S/C17H25ClN4O3S/c1-2-19-17(21-11-13-5-3-4-6-15(13)18)20-9-7-16(23)22-14-8-10-26(24,25)12-14/h3-6,14H,2,7-12H2,1H3,(H,22,23)(H2,19,20,21). The van der Waals surface area contributed by atoms with Crippen LogP contribution in [0.2, 0.25) is 5.02 Å². The zero-order chi connectivity index (χ0) is 19.0. The summed E-state index contributed by atoms with van der Waals surface area (Å²) in [5.41, 5.74) is 0.923. The molecule has 144 valence electrons. The second-order valence-electron chi connectivity index (χ2n) is 6.13. The molecule has 1 aliphatic rings. The molecule has 1 fully saturated rings. The third kappa shape index (κ3) is 6.84. The lowest BCUT2D eigenvalue weighted by Crippen LogP contribution is -2.41. The second-order valence-corrected chi connectivity index (χ2v) is 8.77. The summed E-state index contributed by atoms with van der Waals surface area (Å²) in [5.74, 6) is 0.619. The Labute approximate surface area is 159 Å². The predicted octanol–water partition coefficient (Wildman–Crippen LogP) is 1.09.